The Hall–Kier alpha value is -1.69. The Bertz CT molecular complexity index is 745. The van der Waals surface area contributed by atoms with Crippen LogP contribution in [0.15, 0.2) is 48.6 Å². The van der Waals surface area contributed by atoms with E-state index in [1.54, 1.807) is 0 Å². The van der Waals surface area contributed by atoms with Crippen molar-refractivity contribution in [2.45, 2.75) is 193 Å². The summed E-state index contributed by atoms with van der Waals surface area (Å²) in [5.41, 5.74) is 0. The van der Waals surface area contributed by atoms with Crippen molar-refractivity contribution >= 4 is 5.91 Å². The van der Waals surface area contributed by atoms with Gasteiger partial charge >= 0.3 is 0 Å². The Labute approximate surface area is 278 Å². The van der Waals surface area contributed by atoms with E-state index in [0.717, 1.165) is 38.5 Å². The molecule has 45 heavy (non-hydrogen) atoms. The van der Waals surface area contributed by atoms with E-state index in [9.17, 15) is 20.1 Å². The third-order valence-corrected chi connectivity index (χ3v) is 8.40. The number of allylic oxidation sites excluding steroid dienone is 8. The van der Waals surface area contributed by atoms with E-state index >= 15 is 0 Å². The van der Waals surface area contributed by atoms with Crippen LogP contribution in [0.1, 0.15) is 174 Å². The van der Waals surface area contributed by atoms with Crippen LogP contribution in [0, 0.1) is 0 Å². The molecular weight excluding hydrogens is 558 g/mol. The lowest BCUT2D eigenvalue weighted by Gasteiger charge is -2.26. The average Bonchev–Trinajstić information content (AvgIpc) is 3.04. The van der Waals surface area contributed by atoms with Gasteiger partial charge in [0.1, 0.15) is 6.10 Å². The lowest BCUT2D eigenvalue weighted by atomic mass is 10.0. The quantitative estimate of drug-likeness (QED) is 0.0429. The molecule has 0 aliphatic rings. The molecule has 5 nitrogen and oxygen atoms in total. The van der Waals surface area contributed by atoms with Crippen LogP contribution in [0.3, 0.4) is 0 Å². The topological polar surface area (TPSA) is 89.8 Å². The van der Waals surface area contributed by atoms with Crippen LogP contribution in [-0.4, -0.2) is 46.1 Å². The average molecular weight is 632 g/mol. The van der Waals surface area contributed by atoms with Crippen LogP contribution in [0.25, 0.3) is 0 Å². The number of carbonyl (C=O) groups is 1. The SMILES string of the molecule is CCCCCCCC/C=C\C/C=C\CCC(=O)NC(CO)C(O)C(O)CCC/C=C/CC/C=C/CCCCCCCCCCC. The first-order chi connectivity index (χ1) is 22.1. The van der Waals surface area contributed by atoms with E-state index in [1.165, 1.54) is 103 Å². The summed E-state index contributed by atoms with van der Waals surface area (Å²) in [6, 6.07) is -0.862. The zero-order valence-corrected chi connectivity index (χ0v) is 29.5. The number of unbranched alkanes of at least 4 members (excludes halogenated alkanes) is 17. The first-order valence-corrected chi connectivity index (χ1v) is 18.9. The Morgan fingerprint density at radius 1 is 0.556 bits per heavy atom. The highest BCUT2D eigenvalue weighted by Crippen LogP contribution is 2.12. The molecule has 3 atom stereocenters. The third-order valence-electron chi connectivity index (χ3n) is 8.40. The number of rotatable bonds is 33. The van der Waals surface area contributed by atoms with Gasteiger partial charge in [-0.25, -0.2) is 0 Å². The van der Waals surface area contributed by atoms with Crippen LogP contribution in [0.2, 0.25) is 0 Å². The minimum Gasteiger partial charge on any atom is -0.394 e. The summed E-state index contributed by atoms with van der Waals surface area (Å²) in [5.74, 6) is -0.228. The van der Waals surface area contributed by atoms with Gasteiger partial charge < -0.3 is 20.6 Å². The molecule has 0 aliphatic carbocycles. The molecule has 262 valence electrons. The highest BCUT2D eigenvalue weighted by molar-refractivity contribution is 5.76. The molecule has 0 spiro atoms. The zero-order valence-electron chi connectivity index (χ0n) is 29.5. The van der Waals surface area contributed by atoms with Crippen molar-refractivity contribution < 1.29 is 20.1 Å². The monoisotopic (exact) mass is 632 g/mol. The van der Waals surface area contributed by atoms with Gasteiger partial charge in [-0.1, -0.05) is 146 Å². The zero-order chi connectivity index (χ0) is 33.1. The van der Waals surface area contributed by atoms with Gasteiger partial charge in [0.25, 0.3) is 0 Å². The second kappa shape index (κ2) is 35.2. The summed E-state index contributed by atoms with van der Waals surface area (Å²) < 4.78 is 0. The first-order valence-electron chi connectivity index (χ1n) is 18.9. The standard InChI is InChI=1S/C40H73NO4/c1-3-5-7-9-11-13-15-17-18-19-20-21-23-24-26-28-30-32-34-38(43)40(45)37(36-42)41-39(44)35-33-31-29-27-25-22-16-14-12-10-8-6-4-2/h20-22,25-26,28-29,31,37-38,40,42-43,45H,3-19,23-24,27,30,32-36H2,1-2H3,(H,41,44)/b21-20+,25-22-,28-26+,31-29-. The number of aliphatic hydroxyl groups excluding tert-OH is 3. The maximum atomic E-state index is 12.3. The van der Waals surface area contributed by atoms with Gasteiger partial charge in [0, 0.05) is 6.42 Å². The summed E-state index contributed by atoms with van der Waals surface area (Å²) in [6.07, 6.45) is 43.6. The fourth-order valence-electron chi connectivity index (χ4n) is 5.40. The lowest BCUT2D eigenvalue weighted by molar-refractivity contribution is -0.124. The van der Waals surface area contributed by atoms with Crippen molar-refractivity contribution in [1.29, 1.82) is 0 Å². The Balaban J connectivity index is 3.84. The van der Waals surface area contributed by atoms with Gasteiger partial charge in [0.2, 0.25) is 5.91 Å². The normalized spacial score (nSPS) is 14.3. The lowest BCUT2D eigenvalue weighted by Crippen LogP contribution is -2.50. The highest BCUT2D eigenvalue weighted by Gasteiger charge is 2.26. The van der Waals surface area contributed by atoms with Gasteiger partial charge in [-0.05, 0) is 70.6 Å². The molecular formula is C40H73NO4. The summed E-state index contributed by atoms with van der Waals surface area (Å²) in [7, 11) is 0. The van der Waals surface area contributed by atoms with Crippen molar-refractivity contribution in [2.24, 2.45) is 0 Å². The van der Waals surface area contributed by atoms with E-state index in [-0.39, 0.29) is 12.3 Å². The molecule has 0 aromatic heterocycles. The summed E-state index contributed by atoms with van der Waals surface area (Å²) in [6.45, 7) is 4.10. The van der Waals surface area contributed by atoms with Crippen molar-refractivity contribution in [1.82, 2.24) is 5.32 Å². The predicted molar refractivity (Wildman–Crippen MR) is 194 cm³/mol. The van der Waals surface area contributed by atoms with E-state index in [4.69, 9.17) is 0 Å². The van der Waals surface area contributed by atoms with E-state index in [1.807, 2.05) is 6.08 Å². The Morgan fingerprint density at radius 3 is 1.49 bits per heavy atom. The second-order valence-corrected chi connectivity index (χ2v) is 12.8. The molecule has 0 aliphatic heterocycles. The number of nitrogens with one attached hydrogen (secondary N) is 1. The van der Waals surface area contributed by atoms with E-state index in [2.05, 4.69) is 61.7 Å². The van der Waals surface area contributed by atoms with Gasteiger partial charge in [-0.15, -0.1) is 0 Å². The van der Waals surface area contributed by atoms with Crippen LogP contribution in [-0.2, 0) is 4.79 Å². The predicted octanol–water partition coefficient (Wildman–Crippen LogP) is 10.2. The second-order valence-electron chi connectivity index (χ2n) is 12.8. The van der Waals surface area contributed by atoms with Crippen molar-refractivity contribution in [2.75, 3.05) is 6.61 Å². The van der Waals surface area contributed by atoms with Crippen LogP contribution in [0.5, 0.6) is 0 Å². The molecule has 1 amide bonds. The van der Waals surface area contributed by atoms with Crippen LogP contribution < -0.4 is 5.32 Å². The first kappa shape index (κ1) is 43.3. The molecule has 0 radical (unpaired) electrons. The summed E-state index contributed by atoms with van der Waals surface area (Å²) >= 11 is 0. The fraction of sp³-hybridized carbons (Fsp3) is 0.775. The number of hydrogen-bond donors (Lipinski definition) is 4. The number of hydrogen-bond acceptors (Lipinski definition) is 4. The van der Waals surface area contributed by atoms with Gasteiger partial charge in [-0.2, -0.15) is 0 Å². The van der Waals surface area contributed by atoms with Crippen molar-refractivity contribution in [3.63, 3.8) is 0 Å². The minimum absolute atomic E-state index is 0.228. The summed E-state index contributed by atoms with van der Waals surface area (Å²) in [5, 5.41) is 33.3. The highest BCUT2D eigenvalue weighted by atomic mass is 16.3. The fourth-order valence-corrected chi connectivity index (χ4v) is 5.40. The number of carbonyl (C=O) groups excluding carboxylic acids is 1. The van der Waals surface area contributed by atoms with Crippen molar-refractivity contribution in [3.05, 3.63) is 48.6 Å². The molecule has 3 unspecified atom stereocenters. The number of amides is 1. The van der Waals surface area contributed by atoms with Gasteiger partial charge in [-0.3, -0.25) is 4.79 Å². The maximum Gasteiger partial charge on any atom is 0.220 e. The largest absolute Gasteiger partial charge is 0.394 e. The number of aliphatic hydroxyl groups is 3. The molecule has 0 bridgehead atoms. The smallest absolute Gasteiger partial charge is 0.220 e. The molecule has 0 saturated carbocycles. The van der Waals surface area contributed by atoms with E-state index in [0.29, 0.717) is 12.8 Å². The molecule has 0 heterocycles. The molecule has 4 N–H and O–H groups in total. The third kappa shape index (κ3) is 30.7. The maximum absolute atomic E-state index is 12.3. The van der Waals surface area contributed by atoms with Gasteiger partial charge in [0.05, 0.1) is 18.8 Å². The molecule has 0 rings (SSSR count). The minimum atomic E-state index is -1.19. The molecule has 0 aromatic rings. The Morgan fingerprint density at radius 2 is 0.978 bits per heavy atom. The van der Waals surface area contributed by atoms with Gasteiger partial charge in [0.15, 0.2) is 0 Å². The molecule has 5 heteroatoms. The van der Waals surface area contributed by atoms with Crippen LogP contribution >= 0.6 is 0 Å². The summed E-state index contributed by atoms with van der Waals surface area (Å²) in [4.78, 5) is 12.3. The van der Waals surface area contributed by atoms with Crippen LogP contribution in [0.4, 0.5) is 0 Å². The molecule has 0 saturated heterocycles. The van der Waals surface area contributed by atoms with E-state index < -0.39 is 24.9 Å². The molecule has 0 fully saturated rings. The van der Waals surface area contributed by atoms with Crippen molar-refractivity contribution in [3.8, 4) is 0 Å². The molecule has 0 aromatic carbocycles. The Kier molecular flexibility index (Phi) is 33.8.